The average Bonchev–Trinajstić information content (AvgIpc) is 2.99. The van der Waals surface area contributed by atoms with Gasteiger partial charge >= 0.3 is 6.18 Å². The second kappa shape index (κ2) is 7.77. The SMILES string of the molecule is Cc1c2c(nn1C1(C(F)(F)F)CCOCC1)OCC[C@@H](C)Nc1nc(ncc1Cl)N2. The fourth-order valence-corrected chi connectivity index (χ4v) is 3.89. The first kappa shape index (κ1) is 21.0. The van der Waals surface area contributed by atoms with Gasteiger partial charge in [0.05, 0.1) is 18.5 Å². The third-order valence-corrected chi connectivity index (χ3v) is 5.77. The number of nitrogens with one attached hydrogen (secondary N) is 2. The molecule has 12 heteroatoms. The molecule has 2 aliphatic heterocycles. The minimum absolute atomic E-state index is 0.00457. The van der Waals surface area contributed by atoms with E-state index in [1.165, 1.54) is 6.20 Å². The zero-order valence-electron chi connectivity index (χ0n) is 16.5. The van der Waals surface area contributed by atoms with E-state index in [2.05, 4.69) is 25.7 Å². The molecule has 0 aliphatic carbocycles. The highest BCUT2D eigenvalue weighted by Crippen LogP contribution is 2.47. The van der Waals surface area contributed by atoms with Gasteiger partial charge in [0.2, 0.25) is 5.95 Å². The minimum atomic E-state index is -4.50. The molecule has 8 nitrogen and oxygen atoms in total. The molecular weight excluding hydrogens is 425 g/mol. The van der Waals surface area contributed by atoms with Crippen molar-refractivity contribution in [1.82, 2.24) is 19.7 Å². The quantitative estimate of drug-likeness (QED) is 0.684. The Hall–Kier alpha value is -2.27. The van der Waals surface area contributed by atoms with Crippen LogP contribution in [0.3, 0.4) is 0 Å². The van der Waals surface area contributed by atoms with Gasteiger partial charge in [0.1, 0.15) is 10.7 Å². The number of halogens is 4. The summed E-state index contributed by atoms with van der Waals surface area (Å²) in [6.07, 6.45) is -2.95. The minimum Gasteiger partial charge on any atom is -0.475 e. The third kappa shape index (κ3) is 3.64. The Kier molecular flexibility index (Phi) is 5.43. The van der Waals surface area contributed by atoms with Crippen LogP contribution in [0.15, 0.2) is 6.20 Å². The van der Waals surface area contributed by atoms with Gasteiger partial charge in [-0.1, -0.05) is 11.6 Å². The number of nitrogens with zero attached hydrogens (tertiary/aromatic N) is 4. The Morgan fingerprint density at radius 3 is 2.70 bits per heavy atom. The zero-order valence-corrected chi connectivity index (χ0v) is 17.3. The summed E-state index contributed by atoms with van der Waals surface area (Å²) in [6, 6.07) is -0.0352. The first-order chi connectivity index (χ1) is 14.2. The van der Waals surface area contributed by atoms with E-state index in [4.69, 9.17) is 21.1 Å². The van der Waals surface area contributed by atoms with E-state index in [1.807, 2.05) is 6.92 Å². The van der Waals surface area contributed by atoms with Crippen molar-refractivity contribution in [3.8, 4) is 5.88 Å². The van der Waals surface area contributed by atoms with E-state index >= 15 is 0 Å². The molecule has 0 spiro atoms. The van der Waals surface area contributed by atoms with Crippen molar-refractivity contribution in [1.29, 1.82) is 0 Å². The number of aromatic nitrogens is 4. The van der Waals surface area contributed by atoms with Crippen LogP contribution in [-0.4, -0.2) is 51.8 Å². The van der Waals surface area contributed by atoms with Crippen LogP contribution in [0.25, 0.3) is 0 Å². The molecule has 0 aromatic carbocycles. The van der Waals surface area contributed by atoms with Crippen molar-refractivity contribution in [2.75, 3.05) is 30.5 Å². The third-order valence-electron chi connectivity index (χ3n) is 5.49. The highest BCUT2D eigenvalue weighted by Gasteiger charge is 2.58. The fraction of sp³-hybridized carbons (Fsp3) is 0.611. The van der Waals surface area contributed by atoms with Gasteiger partial charge in [-0.3, -0.25) is 0 Å². The highest BCUT2D eigenvalue weighted by molar-refractivity contribution is 6.32. The molecule has 2 aliphatic rings. The maximum Gasteiger partial charge on any atom is 0.413 e. The molecule has 1 fully saturated rings. The number of ether oxygens (including phenoxy) is 2. The molecule has 0 unspecified atom stereocenters. The summed E-state index contributed by atoms with van der Waals surface area (Å²) in [7, 11) is 0. The Balaban J connectivity index is 1.81. The Morgan fingerprint density at radius 2 is 2.00 bits per heavy atom. The normalized spacial score (nSPS) is 21.5. The molecule has 0 saturated carbocycles. The van der Waals surface area contributed by atoms with Crippen LogP contribution in [-0.2, 0) is 10.3 Å². The van der Waals surface area contributed by atoms with Crippen LogP contribution in [0.5, 0.6) is 5.88 Å². The van der Waals surface area contributed by atoms with Crippen LogP contribution in [0.4, 0.5) is 30.6 Å². The standard InChI is InChI=1S/C18H22ClF3N6O2/c1-10-3-6-30-15-13(25-16-23-9-12(19)14(24-10)26-16)11(2)28(27-15)17(18(20,21)22)4-7-29-8-5-17/h9-10H,3-8H2,1-2H3,(H2,23,24,25,26)/t10-/m1/s1. The maximum atomic E-state index is 14.2. The molecule has 30 heavy (non-hydrogen) atoms. The van der Waals surface area contributed by atoms with Gasteiger partial charge in [0, 0.05) is 38.5 Å². The number of fused-ring (bicyclic) bond motifs is 3. The molecule has 2 aromatic rings. The molecule has 0 amide bonds. The van der Waals surface area contributed by atoms with E-state index in [1.54, 1.807) is 6.92 Å². The predicted molar refractivity (Wildman–Crippen MR) is 105 cm³/mol. The molecule has 1 atom stereocenters. The van der Waals surface area contributed by atoms with Crippen LogP contribution < -0.4 is 15.4 Å². The monoisotopic (exact) mass is 446 g/mol. The Morgan fingerprint density at radius 1 is 1.27 bits per heavy atom. The molecule has 4 rings (SSSR count). The Bertz CT molecular complexity index is 929. The lowest BCUT2D eigenvalue weighted by molar-refractivity contribution is -0.239. The van der Waals surface area contributed by atoms with Crippen LogP contribution in [0.1, 0.15) is 31.9 Å². The zero-order chi connectivity index (χ0) is 21.5. The summed E-state index contributed by atoms with van der Waals surface area (Å²) in [5.41, 5.74) is -1.58. The molecule has 2 aromatic heterocycles. The van der Waals surface area contributed by atoms with Crippen molar-refractivity contribution in [2.45, 2.75) is 50.9 Å². The van der Waals surface area contributed by atoms with Gasteiger partial charge in [-0.05, 0) is 13.8 Å². The maximum absolute atomic E-state index is 14.2. The first-order valence-corrected chi connectivity index (χ1v) is 10.0. The van der Waals surface area contributed by atoms with Gasteiger partial charge in [-0.2, -0.15) is 18.2 Å². The summed E-state index contributed by atoms with van der Waals surface area (Å²) in [4.78, 5) is 8.49. The predicted octanol–water partition coefficient (Wildman–Crippen LogP) is 4.03. The molecule has 164 valence electrons. The summed E-state index contributed by atoms with van der Waals surface area (Å²) in [5.74, 6) is 0.694. The van der Waals surface area contributed by atoms with E-state index in [0.29, 0.717) is 22.9 Å². The van der Waals surface area contributed by atoms with Gasteiger partial charge in [-0.25, -0.2) is 9.67 Å². The topological polar surface area (TPSA) is 86.1 Å². The van der Waals surface area contributed by atoms with E-state index in [0.717, 1.165) is 4.68 Å². The summed E-state index contributed by atoms with van der Waals surface area (Å²) in [6.45, 7) is 3.76. The lowest BCUT2D eigenvalue weighted by Gasteiger charge is -2.39. The second-order valence-corrected chi connectivity index (χ2v) is 7.92. The fourth-order valence-electron chi connectivity index (χ4n) is 3.74. The van der Waals surface area contributed by atoms with Crippen LogP contribution in [0.2, 0.25) is 5.02 Å². The number of hydrogen-bond donors (Lipinski definition) is 2. The van der Waals surface area contributed by atoms with Crippen molar-refractivity contribution in [3.05, 3.63) is 16.9 Å². The molecular formula is C18H22ClF3N6O2. The van der Waals surface area contributed by atoms with E-state index < -0.39 is 11.7 Å². The summed E-state index contributed by atoms with van der Waals surface area (Å²) in [5, 5.41) is 10.7. The number of alkyl halides is 3. The number of anilines is 3. The lowest BCUT2D eigenvalue weighted by Crippen LogP contribution is -2.52. The van der Waals surface area contributed by atoms with Crippen molar-refractivity contribution in [3.63, 3.8) is 0 Å². The molecule has 2 bridgehead atoms. The summed E-state index contributed by atoms with van der Waals surface area (Å²) >= 11 is 6.16. The molecule has 2 N–H and O–H groups in total. The average molecular weight is 447 g/mol. The second-order valence-electron chi connectivity index (χ2n) is 7.52. The first-order valence-electron chi connectivity index (χ1n) is 9.65. The highest BCUT2D eigenvalue weighted by atomic mass is 35.5. The van der Waals surface area contributed by atoms with Crippen molar-refractivity contribution >= 4 is 29.1 Å². The number of rotatable bonds is 1. The number of hydrogen-bond acceptors (Lipinski definition) is 7. The van der Waals surface area contributed by atoms with Gasteiger partial charge in [-0.15, -0.1) is 5.10 Å². The van der Waals surface area contributed by atoms with E-state index in [-0.39, 0.29) is 56.2 Å². The van der Waals surface area contributed by atoms with Gasteiger partial charge < -0.3 is 20.1 Å². The largest absolute Gasteiger partial charge is 0.475 e. The molecule has 4 heterocycles. The summed E-state index contributed by atoms with van der Waals surface area (Å²) < 4.78 is 54.7. The van der Waals surface area contributed by atoms with Gasteiger partial charge in [0.25, 0.3) is 5.88 Å². The smallest absolute Gasteiger partial charge is 0.413 e. The molecule has 1 saturated heterocycles. The van der Waals surface area contributed by atoms with E-state index in [9.17, 15) is 13.2 Å². The van der Waals surface area contributed by atoms with Crippen molar-refractivity contribution < 1.29 is 22.6 Å². The molecule has 0 radical (unpaired) electrons. The van der Waals surface area contributed by atoms with Crippen molar-refractivity contribution in [2.24, 2.45) is 0 Å². The van der Waals surface area contributed by atoms with Crippen LogP contribution >= 0.6 is 11.6 Å². The lowest BCUT2D eigenvalue weighted by atomic mass is 9.89. The van der Waals surface area contributed by atoms with Crippen LogP contribution in [0, 0.1) is 6.92 Å². The van der Waals surface area contributed by atoms with Gasteiger partial charge in [0.15, 0.2) is 11.4 Å². The Labute approximate surface area is 176 Å².